The summed E-state index contributed by atoms with van der Waals surface area (Å²) in [4.78, 5) is 22.5. The number of ether oxygens (including phenoxy) is 1. The smallest absolute Gasteiger partial charge is 0.306 e. The van der Waals surface area contributed by atoms with Gasteiger partial charge < -0.3 is 10.1 Å². The van der Waals surface area contributed by atoms with Crippen molar-refractivity contribution in [2.75, 3.05) is 23.9 Å². The zero-order chi connectivity index (χ0) is 15.9. The van der Waals surface area contributed by atoms with E-state index in [0.29, 0.717) is 11.4 Å². The maximum absolute atomic E-state index is 11.7. The third kappa shape index (κ3) is 6.61. The first-order chi connectivity index (χ1) is 9.82. The van der Waals surface area contributed by atoms with Crippen LogP contribution >= 0.6 is 11.8 Å². The molecule has 116 valence electrons. The fourth-order valence-electron chi connectivity index (χ4n) is 1.37. The SMILES string of the molecule is COC(=O)CCSCC(=O)Nc1cccc(S(N)(=O)=O)c1. The summed E-state index contributed by atoms with van der Waals surface area (Å²) < 4.78 is 26.9. The Kier molecular flexibility index (Phi) is 6.66. The molecule has 0 atom stereocenters. The van der Waals surface area contributed by atoms with Gasteiger partial charge in [0.1, 0.15) is 0 Å². The molecule has 0 aliphatic carbocycles. The van der Waals surface area contributed by atoms with Crippen LogP contribution in [0, 0.1) is 0 Å². The van der Waals surface area contributed by atoms with E-state index in [1.807, 2.05) is 0 Å². The molecule has 0 radical (unpaired) electrons. The van der Waals surface area contributed by atoms with E-state index in [2.05, 4.69) is 10.1 Å². The lowest BCUT2D eigenvalue weighted by molar-refractivity contribution is -0.140. The first-order valence-corrected chi connectivity index (χ1v) is 8.60. The fraction of sp³-hybridized carbons (Fsp3) is 0.333. The second-order valence-corrected chi connectivity index (χ2v) is 6.67. The minimum Gasteiger partial charge on any atom is -0.469 e. The maximum atomic E-state index is 11.7. The highest BCUT2D eigenvalue weighted by Gasteiger charge is 2.09. The molecule has 21 heavy (non-hydrogen) atoms. The molecular weight excluding hydrogens is 316 g/mol. The number of hydrogen-bond donors (Lipinski definition) is 2. The average molecular weight is 332 g/mol. The number of sulfonamides is 1. The Morgan fingerprint density at radius 2 is 2.10 bits per heavy atom. The van der Waals surface area contributed by atoms with Gasteiger partial charge in [-0.25, -0.2) is 13.6 Å². The van der Waals surface area contributed by atoms with Gasteiger partial charge in [-0.1, -0.05) is 6.07 Å². The van der Waals surface area contributed by atoms with Crippen LogP contribution < -0.4 is 10.5 Å². The average Bonchev–Trinajstić information content (AvgIpc) is 2.42. The number of esters is 1. The topological polar surface area (TPSA) is 116 Å². The standard InChI is InChI=1S/C12H16N2O5S2/c1-19-12(16)5-6-20-8-11(15)14-9-3-2-4-10(7-9)21(13,17)18/h2-4,7H,5-6,8H2,1H3,(H,14,15)(H2,13,17,18). The van der Waals surface area contributed by atoms with Crippen LogP contribution in [-0.2, 0) is 24.3 Å². The van der Waals surface area contributed by atoms with Crippen LogP contribution in [0.25, 0.3) is 0 Å². The number of carbonyl (C=O) groups excluding carboxylic acids is 2. The predicted molar refractivity (Wildman–Crippen MR) is 80.4 cm³/mol. The molecule has 0 heterocycles. The van der Waals surface area contributed by atoms with Crippen LogP contribution in [0.5, 0.6) is 0 Å². The van der Waals surface area contributed by atoms with Crippen LogP contribution in [0.3, 0.4) is 0 Å². The molecule has 0 unspecified atom stereocenters. The Balaban J connectivity index is 2.47. The molecule has 7 nitrogen and oxygen atoms in total. The molecule has 0 saturated carbocycles. The summed E-state index contributed by atoms with van der Waals surface area (Å²) in [5, 5.41) is 7.57. The van der Waals surface area contributed by atoms with Crippen LogP contribution in [-0.4, -0.2) is 38.9 Å². The summed E-state index contributed by atoms with van der Waals surface area (Å²) >= 11 is 1.28. The predicted octanol–water partition coefficient (Wildman–Crippen LogP) is 0.569. The zero-order valence-corrected chi connectivity index (χ0v) is 13.0. The molecule has 1 aromatic carbocycles. The lowest BCUT2D eigenvalue weighted by Crippen LogP contribution is -2.16. The van der Waals surface area contributed by atoms with E-state index in [4.69, 9.17) is 5.14 Å². The minimum atomic E-state index is -3.80. The number of amides is 1. The van der Waals surface area contributed by atoms with E-state index in [-0.39, 0.29) is 28.9 Å². The third-order valence-corrected chi connectivity index (χ3v) is 4.23. The molecule has 1 rings (SSSR count). The van der Waals surface area contributed by atoms with Gasteiger partial charge in [0.25, 0.3) is 0 Å². The Morgan fingerprint density at radius 1 is 1.38 bits per heavy atom. The summed E-state index contributed by atoms with van der Waals surface area (Å²) in [5.41, 5.74) is 0.347. The molecule has 0 fully saturated rings. The lowest BCUT2D eigenvalue weighted by atomic mass is 10.3. The number of benzene rings is 1. The lowest BCUT2D eigenvalue weighted by Gasteiger charge is -2.06. The number of rotatable bonds is 7. The zero-order valence-electron chi connectivity index (χ0n) is 11.4. The number of thioether (sulfide) groups is 1. The molecule has 9 heteroatoms. The highest BCUT2D eigenvalue weighted by molar-refractivity contribution is 7.99. The van der Waals surface area contributed by atoms with E-state index >= 15 is 0 Å². The van der Waals surface area contributed by atoms with Crippen molar-refractivity contribution in [3.05, 3.63) is 24.3 Å². The number of anilines is 1. The molecular formula is C12H16N2O5S2. The monoisotopic (exact) mass is 332 g/mol. The second-order valence-electron chi connectivity index (χ2n) is 4.00. The van der Waals surface area contributed by atoms with Gasteiger partial charge >= 0.3 is 5.97 Å². The minimum absolute atomic E-state index is 0.0707. The van der Waals surface area contributed by atoms with Crippen LogP contribution in [0.2, 0.25) is 0 Å². The van der Waals surface area contributed by atoms with E-state index in [1.54, 1.807) is 6.07 Å². The van der Waals surface area contributed by atoms with Gasteiger partial charge in [0.05, 0.1) is 24.2 Å². The molecule has 0 spiro atoms. The quantitative estimate of drug-likeness (QED) is 0.557. The van der Waals surface area contributed by atoms with Gasteiger partial charge in [-0.2, -0.15) is 11.8 Å². The Morgan fingerprint density at radius 3 is 2.71 bits per heavy atom. The van der Waals surface area contributed by atoms with Gasteiger partial charge in [0.2, 0.25) is 15.9 Å². The second kappa shape index (κ2) is 8.01. The Labute approximate surface area is 127 Å². The molecule has 0 bridgehead atoms. The van der Waals surface area contributed by atoms with Crippen molar-refractivity contribution in [3.8, 4) is 0 Å². The highest BCUT2D eigenvalue weighted by Crippen LogP contribution is 2.14. The molecule has 0 aromatic heterocycles. The van der Waals surface area contributed by atoms with E-state index < -0.39 is 10.0 Å². The van der Waals surface area contributed by atoms with Crippen LogP contribution in [0.1, 0.15) is 6.42 Å². The molecule has 1 aromatic rings. The summed E-state index contributed by atoms with van der Waals surface area (Å²) in [6, 6.07) is 5.67. The summed E-state index contributed by atoms with van der Waals surface area (Å²) in [7, 11) is -2.50. The van der Waals surface area contributed by atoms with Gasteiger partial charge in [-0.3, -0.25) is 9.59 Å². The highest BCUT2D eigenvalue weighted by atomic mass is 32.2. The van der Waals surface area contributed by atoms with E-state index in [1.165, 1.54) is 37.1 Å². The van der Waals surface area contributed by atoms with Crippen molar-refractivity contribution >= 4 is 39.3 Å². The Hall–Kier alpha value is -1.58. The number of nitrogens with two attached hydrogens (primary N) is 1. The van der Waals surface area contributed by atoms with Crippen molar-refractivity contribution < 1.29 is 22.7 Å². The number of methoxy groups -OCH3 is 1. The summed E-state index contributed by atoms with van der Waals surface area (Å²) in [5.74, 6) is -0.00586. The molecule has 0 saturated heterocycles. The van der Waals surface area contributed by atoms with Gasteiger partial charge in [0.15, 0.2) is 0 Å². The van der Waals surface area contributed by atoms with Crippen molar-refractivity contribution in [1.82, 2.24) is 0 Å². The van der Waals surface area contributed by atoms with Gasteiger partial charge in [0, 0.05) is 11.4 Å². The third-order valence-electron chi connectivity index (χ3n) is 2.36. The van der Waals surface area contributed by atoms with Crippen LogP contribution in [0.4, 0.5) is 5.69 Å². The fourth-order valence-corrected chi connectivity index (χ4v) is 2.64. The molecule has 0 aliphatic rings. The first-order valence-electron chi connectivity index (χ1n) is 5.90. The van der Waals surface area contributed by atoms with Crippen molar-refractivity contribution in [2.45, 2.75) is 11.3 Å². The van der Waals surface area contributed by atoms with Crippen molar-refractivity contribution in [3.63, 3.8) is 0 Å². The van der Waals surface area contributed by atoms with E-state index in [0.717, 1.165) is 0 Å². The first kappa shape index (κ1) is 17.5. The van der Waals surface area contributed by atoms with E-state index in [9.17, 15) is 18.0 Å². The number of carbonyl (C=O) groups is 2. The maximum Gasteiger partial charge on any atom is 0.306 e. The van der Waals surface area contributed by atoms with Crippen molar-refractivity contribution in [2.24, 2.45) is 5.14 Å². The molecule has 3 N–H and O–H groups in total. The Bertz CT molecular complexity index is 616. The summed E-state index contributed by atoms with van der Waals surface area (Å²) in [6.45, 7) is 0. The van der Waals surface area contributed by atoms with Gasteiger partial charge in [-0.05, 0) is 18.2 Å². The van der Waals surface area contributed by atoms with Crippen LogP contribution in [0.15, 0.2) is 29.2 Å². The molecule has 0 aliphatic heterocycles. The summed E-state index contributed by atoms with van der Waals surface area (Å²) in [6.07, 6.45) is 0.231. The number of nitrogens with one attached hydrogen (secondary N) is 1. The van der Waals surface area contributed by atoms with Gasteiger partial charge in [-0.15, -0.1) is 0 Å². The number of primary sulfonamides is 1. The normalized spacial score (nSPS) is 11.0. The largest absolute Gasteiger partial charge is 0.469 e. The van der Waals surface area contributed by atoms with Crippen molar-refractivity contribution in [1.29, 1.82) is 0 Å². The number of hydrogen-bond acceptors (Lipinski definition) is 6. The molecule has 1 amide bonds.